The molecule has 426 valence electrons. The minimum Gasteiger partial charge on any atom is -0.494 e. The molecule has 0 bridgehead atoms. The van der Waals surface area contributed by atoms with Gasteiger partial charge < -0.3 is 77.8 Å². The van der Waals surface area contributed by atoms with Gasteiger partial charge in [-0.2, -0.15) is 0 Å². The Morgan fingerprint density at radius 3 is 2.05 bits per heavy atom. The molecule has 0 saturated carbocycles. The molecule has 21 atom stereocenters. The van der Waals surface area contributed by atoms with E-state index in [2.05, 4.69) is 0 Å². The Bertz CT molecular complexity index is 2170. The van der Waals surface area contributed by atoms with Crippen LogP contribution in [0.2, 0.25) is 0 Å². The number of rotatable bonds is 16. The zero-order valence-electron chi connectivity index (χ0n) is 46.5. The highest BCUT2D eigenvalue weighted by Crippen LogP contribution is 2.38. The van der Waals surface area contributed by atoms with E-state index in [0.717, 1.165) is 11.1 Å². The molecule has 0 amide bonds. The molecule has 76 heavy (non-hydrogen) atoms. The minimum atomic E-state index is -1.49. The summed E-state index contributed by atoms with van der Waals surface area (Å²) < 4.78 is 62.2. The SMILES string of the molecule is CC[C@H]1OC(=O)C[C@@H](O)[C@H](C)[C@@H](O[C@@H]2O[C@H](C)[C@@H](O[C@H]3C[C@@](C)(O)[C@@H](O)[C@H](C)O3)[C@H](N(C)C)[C@H]2O)[C@@H](CCOc2ccc(-c3ccccc3)cc2)C[C@@H](C)C(=O)/C=C/C(C)=C/[C@@H]1CO[C@@H]1O[C@H](C)[C@@H](O)[C@@H](OC)[C@H]1OC. The first-order valence-electron chi connectivity index (χ1n) is 27.0. The summed E-state index contributed by atoms with van der Waals surface area (Å²) in [6.45, 7) is 14.2. The van der Waals surface area contributed by atoms with Gasteiger partial charge in [-0.05, 0) is 103 Å². The van der Waals surface area contributed by atoms with Gasteiger partial charge in [-0.3, -0.25) is 9.59 Å². The minimum absolute atomic E-state index is 0.000391. The first-order valence-corrected chi connectivity index (χ1v) is 27.0. The average molecular weight is 1070 g/mol. The van der Waals surface area contributed by atoms with Gasteiger partial charge in [0.2, 0.25) is 0 Å². The van der Waals surface area contributed by atoms with E-state index < -0.39 is 140 Å². The smallest absolute Gasteiger partial charge is 0.308 e. The Kier molecular flexibility index (Phi) is 22.6. The summed E-state index contributed by atoms with van der Waals surface area (Å²) >= 11 is 0. The van der Waals surface area contributed by atoms with Crippen LogP contribution in [-0.4, -0.2) is 187 Å². The second-order valence-corrected chi connectivity index (χ2v) is 21.9. The number of methoxy groups -OCH3 is 2. The molecule has 18 heteroatoms. The van der Waals surface area contributed by atoms with Crippen LogP contribution in [0.1, 0.15) is 87.5 Å². The lowest BCUT2D eigenvalue weighted by atomic mass is 9.79. The van der Waals surface area contributed by atoms with Gasteiger partial charge in [-0.25, -0.2) is 0 Å². The lowest BCUT2D eigenvalue weighted by Gasteiger charge is -2.50. The van der Waals surface area contributed by atoms with Crippen molar-refractivity contribution in [2.45, 2.75) is 191 Å². The number of aliphatic hydroxyl groups excluding tert-OH is 4. The molecule has 18 nitrogen and oxygen atoms in total. The highest BCUT2D eigenvalue weighted by molar-refractivity contribution is 5.91. The maximum absolute atomic E-state index is 14.2. The fourth-order valence-corrected chi connectivity index (χ4v) is 11.1. The highest BCUT2D eigenvalue weighted by Gasteiger charge is 2.52. The van der Waals surface area contributed by atoms with E-state index in [0.29, 0.717) is 24.2 Å². The second kappa shape index (κ2) is 27.9. The zero-order valence-corrected chi connectivity index (χ0v) is 46.5. The Balaban J connectivity index is 1.30. The van der Waals surface area contributed by atoms with Gasteiger partial charge >= 0.3 is 5.97 Å². The molecule has 3 saturated heterocycles. The zero-order chi connectivity index (χ0) is 55.6. The molecule has 3 fully saturated rings. The van der Waals surface area contributed by atoms with Crippen molar-refractivity contribution in [1.29, 1.82) is 0 Å². The number of allylic oxidation sites excluding steroid dienone is 3. The van der Waals surface area contributed by atoms with Crippen LogP contribution in [0.5, 0.6) is 5.75 Å². The monoisotopic (exact) mass is 1070 g/mol. The van der Waals surface area contributed by atoms with Gasteiger partial charge in [0.1, 0.15) is 48.5 Å². The van der Waals surface area contributed by atoms with Crippen LogP contribution in [0.25, 0.3) is 11.1 Å². The highest BCUT2D eigenvalue weighted by atomic mass is 16.7. The number of benzene rings is 2. The first kappa shape index (κ1) is 61.5. The summed E-state index contributed by atoms with van der Waals surface area (Å²) in [5, 5.41) is 56.9. The van der Waals surface area contributed by atoms with Crippen LogP contribution in [0.15, 0.2) is 78.4 Å². The number of cyclic esters (lactones) is 1. The lowest BCUT2D eigenvalue weighted by Crippen LogP contribution is -2.65. The molecule has 4 aliphatic heterocycles. The number of carbonyl (C=O) groups is 2. The topological polar surface area (TPSA) is 231 Å². The standard InChI is InChI=1S/C58H87NO17/c1-13-45-41(31-70-57-54(68-12)53(67-11)49(63)35(5)72-57)27-32(2)19-24-43(60)33(3)28-40(25-26-69-42-22-20-39(21-23-42)38-17-15-14-16-18-38)51(34(4)44(61)29-46(62)74-45)76-56-50(64)48(59(9)10)52(36(6)73-56)75-47-30-58(8,66)55(65)37(7)71-47/h14-24,27,33-37,40-41,44-45,47-57,61,63-66H,13,25-26,28-31H2,1-12H3/b24-19+,32-27+/t33-,34+,35-,36-,37+,40+,41-,44-,45-,47+,48-,49-,50-,51-,52-,53-,54-,55+,56+,57-,58-/m1/s1. The van der Waals surface area contributed by atoms with E-state index in [1.807, 2.05) is 81.4 Å². The average Bonchev–Trinajstić information content (AvgIpc) is 3.39. The third-order valence-corrected chi connectivity index (χ3v) is 15.7. The van der Waals surface area contributed by atoms with E-state index in [4.69, 9.17) is 47.4 Å². The third kappa shape index (κ3) is 15.6. The largest absolute Gasteiger partial charge is 0.494 e. The number of ether oxygens (including phenoxy) is 10. The van der Waals surface area contributed by atoms with Crippen molar-refractivity contribution in [3.63, 3.8) is 0 Å². The van der Waals surface area contributed by atoms with Crippen molar-refractivity contribution in [3.8, 4) is 16.9 Å². The fraction of sp³-hybridized carbons (Fsp3) is 0.690. The summed E-state index contributed by atoms with van der Waals surface area (Å²) in [4.78, 5) is 30.2. The number of hydrogen-bond donors (Lipinski definition) is 5. The number of carbonyl (C=O) groups excluding carboxylic acids is 2. The van der Waals surface area contributed by atoms with Crippen molar-refractivity contribution in [2.24, 2.45) is 23.7 Å². The van der Waals surface area contributed by atoms with Gasteiger partial charge in [0, 0.05) is 38.4 Å². The van der Waals surface area contributed by atoms with Crippen LogP contribution < -0.4 is 4.74 Å². The van der Waals surface area contributed by atoms with E-state index >= 15 is 0 Å². The van der Waals surface area contributed by atoms with Crippen molar-refractivity contribution < 1.29 is 82.5 Å². The van der Waals surface area contributed by atoms with Gasteiger partial charge in [0.05, 0.1) is 61.8 Å². The predicted octanol–water partition coefficient (Wildman–Crippen LogP) is 5.38. The number of likely N-dealkylation sites (N-methyl/N-ethyl adjacent to an activating group) is 1. The van der Waals surface area contributed by atoms with Gasteiger partial charge in [-0.1, -0.05) is 81.0 Å². The number of esters is 1. The molecule has 6 rings (SSSR count). The Labute approximate surface area is 449 Å². The van der Waals surface area contributed by atoms with Crippen LogP contribution in [0.4, 0.5) is 0 Å². The molecule has 0 aliphatic carbocycles. The molecule has 0 radical (unpaired) electrons. The maximum Gasteiger partial charge on any atom is 0.308 e. The summed E-state index contributed by atoms with van der Waals surface area (Å²) in [5.41, 5.74) is 1.31. The van der Waals surface area contributed by atoms with Gasteiger partial charge in [-0.15, -0.1) is 0 Å². The van der Waals surface area contributed by atoms with Crippen LogP contribution in [-0.2, 0) is 52.2 Å². The maximum atomic E-state index is 14.2. The predicted molar refractivity (Wildman–Crippen MR) is 282 cm³/mol. The Hall–Kier alpha value is -3.70. The third-order valence-electron chi connectivity index (χ3n) is 15.7. The van der Waals surface area contributed by atoms with Gasteiger partial charge in [0.15, 0.2) is 24.7 Å². The van der Waals surface area contributed by atoms with Gasteiger partial charge in [0.25, 0.3) is 0 Å². The molecular weight excluding hydrogens is 983 g/mol. The van der Waals surface area contributed by atoms with Crippen molar-refractivity contribution in [3.05, 3.63) is 78.4 Å². The van der Waals surface area contributed by atoms with E-state index in [1.165, 1.54) is 27.2 Å². The van der Waals surface area contributed by atoms with E-state index in [-0.39, 0.29) is 31.8 Å². The quantitative estimate of drug-likeness (QED) is 0.133. The van der Waals surface area contributed by atoms with Crippen LogP contribution in [0.3, 0.4) is 0 Å². The van der Waals surface area contributed by atoms with E-state index in [1.54, 1.807) is 52.8 Å². The molecule has 2 aromatic carbocycles. The Morgan fingerprint density at radius 1 is 0.763 bits per heavy atom. The molecule has 0 aromatic heterocycles. The molecule has 0 unspecified atom stereocenters. The van der Waals surface area contributed by atoms with Crippen molar-refractivity contribution in [1.82, 2.24) is 4.90 Å². The van der Waals surface area contributed by atoms with Crippen LogP contribution >= 0.6 is 0 Å². The number of ketones is 1. The fourth-order valence-electron chi connectivity index (χ4n) is 11.1. The first-order chi connectivity index (χ1) is 36.1. The second-order valence-electron chi connectivity index (χ2n) is 21.9. The van der Waals surface area contributed by atoms with Crippen LogP contribution in [0, 0.1) is 23.7 Å². The van der Waals surface area contributed by atoms with Crippen molar-refractivity contribution >= 4 is 11.8 Å². The van der Waals surface area contributed by atoms with Crippen molar-refractivity contribution in [2.75, 3.05) is 41.5 Å². The normalized spacial score (nSPS) is 40.5. The number of nitrogens with zero attached hydrogens (tertiary/aromatic N) is 1. The number of aliphatic hydroxyl groups is 5. The molecular formula is C58H87NO17. The summed E-state index contributed by atoms with van der Waals surface area (Å²) in [5.74, 6) is -2.61. The molecule has 4 heterocycles. The molecule has 0 spiro atoms. The lowest BCUT2D eigenvalue weighted by molar-refractivity contribution is -0.342. The Morgan fingerprint density at radius 2 is 1.42 bits per heavy atom. The van der Waals surface area contributed by atoms with E-state index in [9.17, 15) is 35.1 Å². The number of hydrogen-bond acceptors (Lipinski definition) is 18. The molecule has 4 aliphatic rings. The summed E-state index contributed by atoms with van der Waals surface area (Å²) in [6, 6.07) is 17.0. The summed E-state index contributed by atoms with van der Waals surface area (Å²) in [7, 11) is 6.54. The molecule has 5 N–H and O–H groups in total. The molecule has 2 aromatic rings. The summed E-state index contributed by atoms with van der Waals surface area (Å²) in [6.07, 6.45) is -8.31.